The van der Waals surface area contributed by atoms with E-state index < -0.39 is 0 Å². The van der Waals surface area contributed by atoms with E-state index in [0.29, 0.717) is 12.2 Å². The summed E-state index contributed by atoms with van der Waals surface area (Å²) in [7, 11) is 0. The molecule has 0 bridgehead atoms. The Kier molecular flexibility index (Phi) is 5.22. The third kappa shape index (κ3) is 3.56. The van der Waals surface area contributed by atoms with Crippen molar-refractivity contribution in [3.05, 3.63) is 81.4 Å². The number of aromatic nitrogens is 2. The van der Waals surface area contributed by atoms with E-state index >= 15 is 0 Å². The van der Waals surface area contributed by atoms with Gasteiger partial charge in [-0.2, -0.15) is 0 Å². The van der Waals surface area contributed by atoms with Crippen molar-refractivity contribution in [2.24, 2.45) is 10.2 Å². The molecule has 2 aromatic carbocycles. The van der Waals surface area contributed by atoms with Crippen molar-refractivity contribution in [3.63, 3.8) is 0 Å². The van der Waals surface area contributed by atoms with E-state index in [2.05, 4.69) is 15.2 Å². The number of hydrogen-bond acceptors (Lipinski definition) is 4. The topological polar surface area (TPSA) is 62.8 Å². The predicted octanol–water partition coefficient (Wildman–Crippen LogP) is 7.17. The highest BCUT2D eigenvalue weighted by Gasteiger charge is 2.17. The van der Waals surface area contributed by atoms with Crippen LogP contribution in [0.4, 0.5) is 11.5 Å². The van der Waals surface area contributed by atoms with Crippen molar-refractivity contribution in [3.8, 4) is 5.88 Å². The predicted molar refractivity (Wildman–Crippen MR) is 113 cm³/mol. The SMILES string of the molecule is Oc1c(N=Nc2nc(Cl)c(Cl)cc2Cl)c2ccccc2n1Cc1ccccc1. The van der Waals surface area contributed by atoms with E-state index in [1.807, 2.05) is 54.6 Å². The summed E-state index contributed by atoms with van der Waals surface area (Å²) >= 11 is 17.9. The first-order valence-electron chi connectivity index (χ1n) is 8.32. The summed E-state index contributed by atoms with van der Waals surface area (Å²) < 4.78 is 1.78. The van der Waals surface area contributed by atoms with Crippen LogP contribution < -0.4 is 0 Å². The molecule has 5 nitrogen and oxygen atoms in total. The normalized spacial score (nSPS) is 11.5. The first kappa shape index (κ1) is 18.7. The first-order valence-corrected chi connectivity index (χ1v) is 9.45. The molecule has 2 heterocycles. The van der Waals surface area contributed by atoms with E-state index in [9.17, 15) is 5.11 Å². The molecule has 0 spiro atoms. The van der Waals surface area contributed by atoms with Gasteiger partial charge in [0.15, 0.2) is 11.5 Å². The lowest BCUT2D eigenvalue weighted by molar-refractivity contribution is 0.429. The molecule has 1 N–H and O–H groups in total. The lowest BCUT2D eigenvalue weighted by Crippen LogP contribution is -1.98. The molecular weight excluding hydrogens is 419 g/mol. The second-order valence-corrected chi connectivity index (χ2v) is 7.20. The molecule has 0 aliphatic heterocycles. The fourth-order valence-corrected chi connectivity index (χ4v) is 3.43. The Morgan fingerprint density at radius 3 is 2.39 bits per heavy atom. The Bertz CT molecular complexity index is 1190. The Morgan fingerprint density at radius 1 is 0.893 bits per heavy atom. The van der Waals surface area contributed by atoms with Gasteiger partial charge < -0.3 is 9.67 Å². The van der Waals surface area contributed by atoms with Crippen LogP contribution in [0.25, 0.3) is 10.9 Å². The molecule has 0 unspecified atom stereocenters. The molecule has 0 aliphatic rings. The Labute approximate surface area is 175 Å². The lowest BCUT2D eigenvalue weighted by atomic mass is 10.2. The zero-order valence-corrected chi connectivity index (χ0v) is 16.6. The summed E-state index contributed by atoms with van der Waals surface area (Å²) in [6, 6.07) is 18.9. The highest BCUT2D eigenvalue weighted by atomic mass is 35.5. The van der Waals surface area contributed by atoms with Crippen LogP contribution in [0.15, 0.2) is 70.9 Å². The van der Waals surface area contributed by atoms with Crippen LogP contribution in [-0.2, 0) is 6.54 Å². The second-order valence-electron chi connectivity index (χ2n) is 6.03. The monoisotopic (exact) mass is 430 g/mol. The van der Waals surface area contributed by atoms with Crippen molar-refractivity contribution in [2.45, 2.75) is 6.54 Å². The van der Waals surface area contributed by atoms with E-state index in [1.54, 1.807) is 4.57 Å². The second kappa shape index (κ2) is 7.80. The number of hydrogen-bond donors (Lipinski definition) is 1. The van der Waals surface area contributed by atoms with Crippen LogP contribution in [0.2, 0.25) is 15.2 Å². The summed E-state index contributed by atoms with van der Waals surface area (Å²) in [6.07, 6.45) is 0. The van der Waals surface area contributed by atoms with E-state index in [0.717, 1.165) is 16.5 Å². The minimum absolute atomic E-state index is 0.00462. The van der Waals surface area contributed by atoms with Crippen molar-refractivity contribution < 1.29 is 5.11 Å². The van der Waals surface area contributed by atoms with E-state index in [-0.39, 0.29) is 26.9 Å². The van der Waals surface area contributed by atoms with Crippen molar-refractivity contribution in [2.75, 3.05) is 0 Å². The number of halogens is 3. The van der Waals surface area contributed by atoms with Crippen molar-refractivity contribution in [1.82, 2.24) is 9.55 Å². The zero-order chi connectivity index (χ0) is 19.7. The van der Waals surface area contributed by atoms with Gasteiger partial charge >= 0.3 is 0 Å². The summed E-state index contributed by atoms with van der Waals surface area (Å²) in [5.74, 6) is 0.125. The number of para-hydroxylation sites is 1. The maximum Gasteiger partial charge on any atom is 0.221 e. The minimum atomic E-state index is 0.00462. The van der Waals surface area contributed by atoms with Gasteiger partial charge in [-0.15, -0.1) is 10.2 Å². The number of aromatic hydroxyl groups is 1. The van der Waals surface area contributed by atoms with Crippen LogP contribution in [0.1, 0.15) is 5.56 Å². The average Bonchev–Trinajstić information content (AvgIpc) is 2.96. The standard InChI is InChI=1S/C20H13Cl3N4O/c21-14-10-15(22)19(24-18(14)23)26-25-17-13-8-4-5-9-16(13)27(20(17)28)11-12-6-2-1-3-7-12/h1-10,28H,11H2. The van der Waals surface area contributed by atoms with Crippen LogP contribution >= 0.6 is 34.8 Å². The molecule has 2 aromatic heterocycles. The molecule has 140 valence electrons. The van der Waals surface area contributed by atoms with Gasteiger partial charge in [0.2, 0.25) is 5.88 Å². The van der Waals surface area contributed by atoms with Crippen LogP contribution in [0, 0.1) is 0 Å². The highest BCUT2D eigenvalue weighted by molar-refractivity contribution is 6.42. The number of pyridine rings is 1. The largest absolute Gasteiger partial charge is 0.493 e. The molecule has 0 radical (unpaired) electrons. The Balaban J connectivity index is 1.80. The molecule has 0 saturated carbocycles. The zero-order valence-electron chi connectivity index (χ0n) is 14.4. The molecule has 0 amide bonds. The smallest absolute Gasteiger partial charge is 0.221 e. The molecule has 0 saturated heterocycles. The van der Waals surface area contributed by atoms with E-state index in [4.69, 9.17) is 34.8 Å². The molecular formula is C20H13Cl3N4O. The molecule has 4 rings (SSSR count). The summed E-state index contributed by atoms with van der Waals surface area (Å²) in [6.45, 7) is 0.495. The van der Waals surface area contributed by atoms with Gasteiger partial charge in [-0.25, -0.2) is 4.98 Å². The number of rotatable bonds is 4. The molecule has 28 heavy (non-hydrogen) atoms. The fourth-order valence-electron chi connectivity index (χ4n) is 2.90. The summed E-state index contributed by atoms with van der Waals surface area (Å²) in [4.78, 5) is 4.02. The fraction of sp³-hybridized carbons (Fsp3) is 0.0500. The maximum absolute atomic E-state index is 10.8. The van der Waals surface area contributed by atoms with Gasteiger partial charge in [-0.1, -0.05) is 83.3 Å². The van der Waals surface area contributed by atoms with E-state index in [1.165, 1.54) is 6.07 Å². The van der Waals surface area contributed by atoms with Gasteiger partial charge in [0, 0.05) is 5.39 Å². The molecule has 0 atom stereocenters. The lowest BCUT2D eigenvalue weighted by Gasteiger charge is -2.06. The molecule has 0 fully saturated rings. The average molecular weight is 432 g/mol. The Morgan fingerprint density at radius 2 is 1.61 bits per heavy atom. The molecule has 4 aromatic rings. The highest BCUT2D eigenvalue weighted by Crippen LogP contribution is 2.40. The summed E-state index contributed by atoms with van der Waals surface area (Å²) in [5.41, 5.74) is 2.22. The van der Waals surface area contributed by atoms with Crippen LogP contribution in [-0.4, -0.2) is 14.7 Å². The van der Waals surface area contributed by atoms with Crippen LogP contribution in [0.5, 0.6) is 5.88 Å². The number of nitrogens with zero attached hydrogens (tertiary/aromatic N) is 4. The number of azo groups is 1. The van der Waals surface area contributed by atoms with Gasteiger partial charge in [0.05, 0.1) is 22.1 Å². The minimum Gasteiger partial charge on any atom is -0.493 e. The molecule has 0 aliphatic carbocycles. The van der Waals surface area contributed by atoms with Crippen molar-refractivity contribution in [1.29, 1.82) is 0 Å². The third-order valence-corrected chi connectivity index (χ3v) is 5.16. The van der Waals surface area contributed by atoms with Gasteiger partial charge in [0.1, 0.15) is 5.15 Å². The van der Waals surface area contributed by atoms with Crippen LogP contribution in [0.3, 0.4) is 0 Å². The van der Waals surface area contributed by atoms with Gasteiger partial charge in [-0.05, 0) is 17.7 Å². The van der Waals surface area contributed by atoms with Crippen molar-refractivity contribution >= 4 is 57.2 Å². The quantitative estimate of drug-likeness (QED) is 0.275. The summed E-state index contributed by atoms with van der Waals surface area (Å²) in [5, 5.41) is 20.4. The molecule has 8 heteroatoms. The van der Waals surface area contributed by atoms with Gasteiger partial charge in [-0.3, -0.25) is 0 Å². The maximum atomic E-state index is 10.8. The first-order chi connectivity index (χ1) is 13.5. The van der Waals surface area contributed by atoms with Gasteiger partial charge in [0.25, 0.3) is 0 Å². The third-order valence-electron chi connectivity index (χ3n) is 4.21. The number of benzene rings is 2. The Hall–Kier alpha value is -2.60. The number of fused-ring (bicyclic) bond motifs is 1.